The molecule has 0 amide bonds. The van der Waals surface area contributed by atoms with Gasteiger partial charge in [-0.2, -0.15) is 9.37 Å². The fourth-order valence-corrected chi connectivity index (χ4v) is 0.689. The molecule has 0 saturated carbocycles. The molecule has 11 heavy (non-hydrogen) atoms. The first-order chi connectivity index (χ1) is 5.15. The maximum atomic E-state index is 12.4. The normalized spacial score (nSPS) is 9.73. The van der Waals surface area contributed by atoms with Gasteiger partial charge in [-0.1, -0.05) is 0 Å². The number of ether oxygens (including phenoxy) is 1. The van der Waals surface area contributed by atoms with E-state index in [1.165, 1.54) is 18.7 Å². The second-order valence-electron chi connectivity index (χ2n) is 1.99. The summed E-state index contributed by atoms with van der Waals surface area (Å²) in [5, 5.41) is 0. The highest BCUT2D eigenvalue weighted by Gasteiger charge is 2.03. The summed E-state index contributed by atoms with van der Waals surface area (Å²) in [5.41, 5.74) is -0.903. The summed E-state index contributed by atoms with van der Waals surface area (Å²) in [4.78, 5) is 13.9. The van der Waals surface area contributed by atoms with Gasteiger partial charge in [0.2, 0.25) is 5.82 Å². The average Bonchev–Trinajstić information content (AvgIpc) is 1.97. The van der Waals surface area contributed by atoms with Gasteiger partial charge in [0.25, 0.3) is 6.01 Å². The van der Waals surface area contributed by atoms with Crippen LogP contribution in [0.1, 0.15) is 0 Å². The fraction of sp³-hybridized carbons (Fsp3) is 0.333. The molecule has 0 fully saturated rings. The minimum Gasteiger partial charge on any atom is -0.468 e. The van der Waals surface area contributed by atoms with Crippen LogP contribution in [0.3, 0.4) is 0 Å². The molecule has 0 radical (unpaired) electrons. The smallest absolute Gasteiger partial charge is 0.311 e. The predicted octanol–water partition coefficient (Wildman–Crippen LogP) is -0.0720. The first-order valence-electron chi connectivity index (χ1n) is 2.92. The van der Waals surface area contributed by atoms with E-state index in [-0.39, 0.29) is 6.01 Å². The van der Waals surface area contributed by atoms with Crippen LogP contribution in [0, 0.1) is 5.82 Å². The zero-order chi connectivity index (χ0) is 8.43. The van der Waals surface area contributed by atoms with E-state index < -0.39 is 11.4 Å². The van der Waals surface area contributed by atoms with E-state index >= 15 is 0 Å². The molecule has 1 rings (SSSR count). The minimum absolute atomic E-state index is 0.0939. The lowest BCUT2D eigenvalue weighted by Crippen LogP contribution is -2.16. The van der Waals surface area contributed by atoms with Crippen molar-refractivity contribution in [3.05, 3.63) is 22.4 Å². The monoisotopic (exact) mass is 158 g/mol. The third kappa shape index (κ3) is 1.36. The van der Waals surface area contributed by atoms with Crippen LogP contribution in [0.15, 0.2) is 11.0 Å². The van der Waals surface area contributed by atoms with Gasteiger partial charge in [-0.3, -0.25) is 4.79 Å². The maximum Gasteiger partial charge on any atom is 0.311 e. The number of aryl methyl sites for hydroxylation is 1. The molecule has 1 aromatic rings. The number of rotatable bonds is 1. The molecule has 0 atom stereocenters. The van der Waals surface area contributed by atoms with Crippen LogP contribution in [0.5, 0.6) is 6.01 Å². The van der Waals surface area contributed by atoms with Gasteiger partial charge in [0, 0.05) is 13.2 Å². The Bertz CT molecular complexity index is 321. The van der Waals surface area contributed by atoms with Crippen LogP contribution >= 0.6 is 0 Å². The van der Waals surface area contributed by atoms with E-state index in [9.17, 15) is 9.18 Å². The van der Waals surface area contributed by atoms with E-state index in [0.717, 1.165) is 6.20 Å². The Balaban J connectivity index is 3.32. The van der Waals surface area contributed by atoms with Gasteiger partial charge in [0.1, 0.15) is 0 Å². The molecule has 60 valence electrons. The number of nitrogens with zero attached hydrogens (tertiary/aromatic N) is 2. The second-order valence-corrected chi connectivity index (χ2v) is 1.99. The van der Waals surface area contributed by atoms with Crippen LogP contribution in [0.4, 0.5) is 4.39 Å². The van der Waals surface area contributed by atoms with E-state index in [0.29, 0.717) is 0 Å². The third-order valence-corrected chi connectivity index (χ3v) is 1.19. The Hall–Kier alpha value is -1.39. The largest absolute Gasteiger partial charge is 0.468 e. The topological polar surface area (TPSA) is 44.1 Å². The van der Waals surface area contributed by atoms with Gasteiger partial charge in [-0.25, -0.2) is 0 Å². The third-order valence-electron chi connectivity index (χ3n) is 1.19. The Labute approximate surface area is 62.3 Å². The molecule has 4 nitrogen and oxygen atoms in total. The molecule has 0 saturated heterocycles. The summed E-state index contributed by atoms with van der Waals surface area (Å²) in [6.45, 7) is 0. The first kappa shape index (κ1) is 7.71. The van der Waals surface area contributed by atoms with Gasteiger partial charge in [0.05, 0.1) is 7.11 Å². The Morgan fingerprint density at radius 2 is 2.36 bits per heavy atom. The van der Waals surface area contributed by atoms with Crippen molar-refractivity contribution in [2.24, 2.45) is 7.05 Å². The molecule has 0 bridgehead atoms. The first-order valence-corrected chi connectivity index (χ1v) is 2.92. The number of halogens is 1. The Morgan fingerprint density at radius 3 is 2.91 bits per heavy atom. The van der Waals surface area contributed by atoms with Crippen LogP contribution in [0.25, 0.3) is 0 Å². The molecule has 0 N–H and O–H groups in total. The van der Waals surface area contributed by atoms with Crippen LogP contribution in [-0.4, -0.2) is 16.7 Å². The Kier molecular flexibility index (Phi) is 1.89. The molecular weight excluding hydrogens is 151 g/mol. The fourth-order valence-electron chi connectivity index (χ4n) is 0.689. The standard InChI is InChI=1S/C6H7FN2O2/c1-9-3-4(7)5(10)8-6(9)11-2/h3H,1-2H3. The molecule has 0 aliphatic rings. The number of aromatic nitrogens is 2. The zero-order valence-corrected chi connectivity index (χ0v) is 6.17. The van der Waals surface area contributed by atoms with Crippen molar-refractivity contribution in [3.8, 4) is 6.01 Å². The quantitative estimate of drug-likeness (QED) is 0.574. The lowest BCUT2D eigenvalue weighted by molar-refractivity contribution is 0.352. The van der Waals surface area contributed by atoms with Crippen molar-refractivity contribution in [2.45, 2.75) is 0 Å². The van der Waals surface area contributed by atoms with Gasteiger partial charge in [-0.15, -0.1) is 0 Å². The van der Waals surface area contributed by atoms with Gasteiger partial charge in [-0.05, 0) is 0 Å². The van der Waals surface area contributed by atoms with Crippen LogP contribution in [0.2, 0.25) is 0 Å². The molecule has 0 unspecified atom stereocenters. The molecule has 5 heteroatoms. The van der Waals surface area contributed by atoms with Crippen LogP contribution in [-0.2, 0) is 7.05 Å². The van der Waals surface area contributed by atoms with E-state index in [2.05, 4.69) is 9.72 Å². The summed E-state index contributed by atoms with van der Waals surface area (Å²) < 4.78 is 18.4. The highest BCUT2D eigenvalue weighted by Crippen LogP contribution is 1.99. The highest BCUT2D eigenvalue weighted by atomic mass is 19.1. The van der Waals surface area contributed by atoms with Crippen molar-refractivity contribution in [1.29, 1.82) is 0 Å². The lowest BCUT2D eigenvalue weighted by atomic mass is 10.6. The van der Waals surface area contributed by atoms with Crippen molar-refractivity contribution in [3.63, 3.8) is 0 Å². The van der Waals surface area contributed by atoms with Gasteiger partial charge < -0.3 is 9.30 Å². The van der Waals surface area contributed by atoms with Crippen molar-refractivity contribution < 1.29 is 9.13 Å². The van der Waals surface area contributed by atoms with E-state index in [4.69, 9.17) is 0 Å². The van der Waals surface area contributed by atoms with E-state index in [1.807, 2.05) is 0 Å². The maximum absolute atomic E-state index is 12.4. The average molecular weight is 158 g/mol. The van der Waals surface area contributed by atoms with Crippen molar-refractivity contribution in [1.82, 2.24) is 9.55 Å². The molecule has 1 aromatic heterocycles. The predicted molar refractivity (Wildman–Crippen MR) is 36.0 cm³/mol. The molecular formula is C6H7FN2O2. The van der Waals surface area contributed by atoms with Crippen molar-refractivity contribution >= 4 is 0 Å². The molecule has 0 aliphatic carbocycles. The number of hydrogen-bond donors (Lipinski definition) is 0. The molecule has 0 aromatic carbocycles. The summed E-state index contributed by atoms with van der Waals surface area (Å²) in [7, 11) is 2.90. The Morgan fingerprint density at radius 1 is 1.73 bits per heavy atom. The number of hydrogen-bond acceptors (Lipinski definition) is 3. The summed E-state index contributed by atoms with van der Waals surface area (Å²) >= 11 is 0. The summed E-state index contributed by atoms with van der Waals surface area (Å²) in [5.74, 6) is -0.881. The molecule has 1 heterocycles. The van der Waals surface area contributed by atoms with Gasteiger partial charge in [0.15, 0.2) is 0 Å². The summed E-state index contributed by atoms with van der Waals surface area (Å²) in [6.07, 6.45) is 1.02. The molecule has 0 spiro atoms. The number of methoxy groups -OCH3 is 1. The zero-order valence-electron chi connectivity index (χ0n) is 6.17. The second kappa shape index (κ2) is 2.69. The molecule has 0 aliphatic heterocycles. The van der Waals surface area contributed by atoms with Crippen molar-refractivity contribution in [2.75, 3.05) is 7.11 Å². The highest BCUT2D eigenvalue weighted by molar-refractivity contribution is 4.99. The van der Waals surface area contributed by atoms with E-state index in [1.54, 1.807) is 0 Å². The lowest BCUT2D eigenvalue weighted by Gasteiger charge is -2.03. The SMILES string of the molecule is COc1nc(=O)c(F)cn1C. The van der Waals surface area contributed by atoms with Crippen LogP contribution < -0.4 is 10.3 Å². The minimum atomic E-state index is -0.903. The van der Waals surface area contributed by atoms with Gasteiger partial charge >= 0.3 is 5.56 Å². The summed E-state index contributed by atoms with van der Waals surface area (Å²) in [6, 6.07) is 0.0939.